The van der Waals surface area contributed by atoms with Crippen LogP contribution >= 0.6 is 0 Å². The summed E-state index contributed by atoms with van der Waals surface area (Å²) in [5.41, 5.74) is 2.36. The summed E-state index contributed by atoms with van der Waals surface area (Å²) >= 11 is 0. The monoisotopic (exact) mass is 449 g/mol. The Kier molecular flexibility index (Phi) is 8.19. The van der Waals surface area contributed by atoms with Gasteiger partial charge in [-0.1, -0.05) is 66.7 Å². The Morgan fingerprint density at radius 3 is 2.03 bits per heavy atom. The third-order valence-electron chi connectivity index (χ3n) is 5.64. The van der Waals surface area contributed by atoms with Gasteiger partial charge in [-0.25, -0.2) is 0 Å². The van der Waals surface area contributed by atoms with Crippen molar-refractivity contribution in [3.8, 4) is 17.2 Å². The molecule has 0 spiro atoms. The van der Waals surface area contributed by atoms with Crippen LogP contribution in [0.25, 0.3) is 0 Å². The molecule has 3 aromatic carbocycles. The van der Waals surface area contributed by atoms with Gasteiger partial charge in [-0.05, 0) is 23.3 Å². The predicted octanol–water partition coefficient (Wildman–Crippen LogP) is 4.25. The highest BCUT2D eigenvalue weighted by atomic mass is 16.7. The average Bonchev–Trinajstić information content (AvgIpc) is 3.33. The molecule has 3 aromatic rings. The van der Waals surface area contributed by atoms with Crippen molar-refractivity contribution < 1.29 is 23.7 Å². The molecule has 2 atom stereocenters. The molecule has 0 bridgehead atoms. The van der Waals surface area contributed by atoms with E-state index in [-0.39, 0.29) is 18.3 Å². The van der Waals surface area contributed by atoms with Crippen LogP contribution in [0.3, 0.4) is 0 Å². The zero-order valence-corrected chi connectivity index (χ0v) is 19.1. The normalized spacial score (nSPS) is 17.8. The largest absolute Gasteiger partial charge is 0.493 e. The lowest BCUT2D eigenvalue weighted by Crippen LogP contribution is -2.32. The summed E-state index contributed by atoms with van der Waals surface area (Å²) in [6.45, 7) is 2.37. The van der Waals surface area contributed by atoms with Gasteiger partial charge in [0.2, 0.25) is 5.75 Å². The molecule has 0 aromatic heterocycles. The van der Waals surface area contributed by atoms with Gasteiger partial charge in [0.05, 0.1) is 32.8 Å². The highest BCUT2D eigenvalue weighted by Gasteiger charge is 2.34. The van der Waals surface area contributed by atoms with Gasteiger partial charge in [0.25, 0.3) is 0 Å². The van der Waals surface area contributed by atoms with Gasteiger partial charge in [-0.3, -0.25) is 0 Å². The molecule has 0 aliphatic carbocycles. The van der Waals surface area contributed by atoms with Crippen molar-refractivity contribution >= 4 is 0 Å². The molecule has 174 valence electrons. The summed E-state index contributed by atoms with van der Waals surface area (Å²) < 4.78 is 29.0. The molecule has 4 rings (SSSR count). The average molecular weight is 450 g/mol. The van der Waals surface area contributed by atoms with E-state index in [9.17, 15) is 0 Å². The fourth-order valence-electron chi connectivity index (χ4n) is 4.03. The Hall–Kier alpha value is -3.06. The van der Waals surface area contributed by atoms with E-state index in [0.29, 0.717) is 43.6 Å². The second-order valence-corrected chi connectivity index (χ2v) is 7.80. The first-order chi connectivity index (χ1) is 16.3. The predicted molar refractivity (Wildman–Crippen MR) is 127 cm³/mol. The van der Waals surface area contributed by atoms with Crippen molar-refractivity contribution in [3.05, 3.63) is 90.0 Å². The van der Waals surface area contributed by atoms with Gasteiger partial charge in [0, 0.05) is 13.1 Å². The molecule has 0 radical (unpaired) electrons. The minimum absolute atomic E-state index is 0.0225. The number of ether oxygens (including phenoxy) is 5. The number of para-hydroxylation sites is 1. The molecule has 1 fully saturated rings. The van der Waals surface area contributed by atoms with E-state index in [1.807, 2.05) is 30.3 Å². The van der Waals surface area contributed by atoms with Crippen molar-refractivity contribution in [3.63, 3.8) is 0 Å². The van der Waals surface area contributed by atoms with Crippen molar-refractivity contribution in [1.29, 1.82) is 0 Å². The highest BCUT2D eigenvalue weighted by molar-refractivity contribution is 5.51. The molecular weight excluding hydrogens is 418 g/mol. The van der Waals surface area contributed by atoms with Gasteiger partial charge < -0.3 is 29.0 Å². The number of nitrogens with one attached hydrogen (secondary N) is 1. The van der Waals surface area contributed by atoms with E-state index in [2.05, 4.69) is 53.8 Å². The van der Waals surface area contributed by atoms with Crippen LogP contribution in [0.15, 0.2) is 78.9 Å². The van der Waals surface area contributed by atoms with Gasteiger partial charge in [0.15, 0.2) is 17.8 Å². The second kappa shape index (κ2) is 11.7. The molecule has 1 aliphatic rings. The SMILES string of the molecule is COc1cccc(OC)c1OCCNCC1CO[C@@H](C(c2ccccc2)c2ccccc2)O1. The number of rotatable bonds is 11. The maximum absolute atomic E-state index is 6.30. The van der Waals surface area contributed by atoms with Gasteiger partial charge >= 0.3 is 0 Å². The fraction of sp³-hybridized carbons (Fsp3) is 0.333. The molecule has 1 N–H and O–H groups in total. The summed E-state index contributed by atoms with van der Waals surface area (Å²) in [5, 5.41) is 3.40. The third-order valence-corrected chi connectivity index (χ3v) is 5.64. The molecule has 0 amide bonds. The quantitative estimate of drug-likeness (QED) is 0.442. The summed E-state index contributed by atoms with van der Waals surface area (Å²) in [5.74, 6) is 1.94. The molecule has 33 heavy (non-hydrogen) atoms. The Morgan fingerprint density at radius 1 is 0.848 bits per heavy atom. The van der Waals surface area contributed by atoms with E-state index in [1.165, 1.54) is 11.1 Å². The van der Waals surface area contributed by atoms with Crippen molar-refractivity contribution in [2.75, 3.05) is 40.5 Å². The Balaban J connectivity index is 1.29. The third kappa shape index (κ3) is 5.85. The molecular formula is C27H31NO5. The zero-order chi connectivity index (χ0) is 22.9. The van der Waals surface area contributed by atoms with Crippen LogP contribution in [0.4, 0.5) is 0 Å². The first kappa shape index (κ1) is 23.1. The molecule has 1 aliphatic heterocycles. The van der Waals surface area contributed by atoms with Crippen molar-refractivity contribution in [1.82, 2.24) is 5.32 Å². The lowest BCUT2D eigenvalue weighted by atomic mass is 9.91. The summed E-state index contributed by atoms with van der Waals surface area (Å²) in [6, 6.07) is 26.3. The molecule has 1 saturated heterocycles. The van der Waals surface area contributed by atoms with Crippen LogP contribution in [0.2, 0.25) is 0 Å². The summed E-state index contributed by atoms with van der Waals surface area (Å²) in [7, 11) is 3.23. The van der Waals surface area contributed by atoms with Crippen molar-refractivity contribution in [2.45, 2.75) is 18.3 Å². The van der Waals surface area contributed by atoms with E-state index < -0.39 is 0 Å². The van der Waals surface area contributed by atoms with Gasteiger partial charge in [-0.15, -0.1) is 0 Å². The maximum Gasteiger partial charge on any atom is 0.203 e. The zero-order valence-electron chi connectivity index (χ0n) is 19.1. The maximum atomic E-state index is 6.30. The van der Waals surface area contributed by atoms with Crippen LogP contribution in [0.5, 0.6) is 17.2 Å². The lowest BCUT2D eigenvalue weighted by molar-refractivity contribution is -0.0669. The van der Waals surface area contributed by atoms with E-state index >= 15 is 0 Å². The fourth-order valence-corrected chi connectivity index (χ4v) is 4.03. The molecule has 6 nitrogen and oxygen atoms in total. The Labute approximate surface area is 195 Å². The minimum Gasteiger partial charge on any atom is -0.493 e. The Morgan fingerprint density at radius 2 is 1.45 bits per heavy atom. The van der Waals surface area contributed by atoms with Crippen molar-refractivity contribution in [2.24, 2.45) is 0 Å². The number of methoxy groups -OCH3 is 2. The van der Waals surface area contributed by atoms with E-state index in [0.717, 1.165) is 0 Å². The molecule has 6 heteroatoms. The van der Waals surface area contributed by atoms with E-state index in [1.54, 1.807) is 14.2 Å². The second-order valence-electron chi connectivity index (χ2n) is 7.80. The minimum atomic E-state index is -0.323. The number of hydrogen-bond acceptors (Lipinski definition) is 6. The summed E-state index contributed by atoms with van der Waals surface area (Å²) in [6.07, 6.45) is -0.346. The number of benzene rings is 3. The molecule has 1 unspecified atom stereocenters. The van der Waals surface area contributed by atoms with Crippen LogP contribution in [-0.4, -0.2) is 52.9 Å². The number of hydrogen-bond donors (Lipinski definition) is 1. The summed E-state index contributed by atoms with van der Waals surface area (Å²) in [4.78, 5) is 0. The first-order valence-corrected chi connectivity index (χ1v) is 11.2. The topological polar surface area (TPSA) is 58.2 Å². The van der Waals surface area contributed by atoms with Crippen LogP contribution < -0.4 is 19.5 Å². The smallest absolute Gasteiger partial charge is 0.203 e. The van der Waals surface area contributed by atoms with Crippen LogP contribution in [0.1, 0.15) is 17.0 Å². The Bertz CT molecular complexity index is 921. The van der Waals surface area contributed by atoms with Crippen LogP contribution in [-0.2, 0) is 9.47 Å². The highest BCUT2D eigenvalue weighted by Crippen LogP contribution is 2.36. The molecule has 1 heterocycles. The van der Waals surface area contributed by atoms with E-state index in [4.69, 9.17) is 23.7 Å². The standard InChI is InChI=1S/C27H31NO5/c1-29-23-14-9-15-24(30-2)26(23)31-17-16-28-18-22-19-32-27(33-22)25(20-10-5-3-6-11-20)21-12-7-4-8-13-21/h3-15,22,25,27-28H,16-19H2,1-2H3/t22?,27-/m1/s1. The van der Waals surface area contributed by atoms with Gasteiger partial charge in [-0.2, -0.15) is 0 Å². The lowest BCUT2D eigenvalue weighted by Gasteiger charge is -2.24. The first-order valence-electron chi connectivity index (χ1n) is 11.2. The molecule has 0 saturated carbocycles. The van der Waals surface area contributed by atoms with Crippen LogP contribution in [0, 0.1) is 0 Å². The van der Waals surface area contributed by atoms with Gasteiger partial charge in [0.1, 0.15) is 6.61 Å².